The molecule has 0 amide bonds. The lowest BCUT2D eigenvalue weighted by atomic mass is 10.1. The summed E-state index contributed by atoms with van der Waals surface area (Å²) in [5.41, 5.74) is 3.80. The highest BCUT2D eigenvalue weighted by Crippen LogP contribution is 2.22. The van der Waals surface area contributed by atoms with Crippen molar-refractivity contribution in [2.24, 2.45) is 7.05 Å². The van der Waals surface area contributed by atoms with Crippen LogP contribution in [0.4, 0.5) is 0 Å². The lowest BCUT2D eigenvalue weighted by Gasteiger charge is -2.14. The number of fused-ring (bicyclic) bond motifs is 1. The van der Waals surface area contributed by atoms with Crippen molar-refractivity contribution in [2.75, 3.05) is 0 Å². The van der Waals surface area contributed by atoms with Crippen molar-refractivity contribution in [2.45, 2.75) is 19.5 Å². The molecule has 0 unspecified atom stereocenters. The first kappa shape index (κ1) is 14.2. The number of hydrogen-bond acceptors (Lipinski definition) is 1. The monoisotopic (exact) mass is 298 g/mol. The molecule has 108 valence electrons. The van der Waals surface area contributed by atoms with Gasteiger partial charge in [0.15, 0.2) is 0 Å². The Kier molecular flexibility index (Phi) is 4.00. The van der Waals surface area contributed by atoms with Gasteiger partial charge in [0, 0.05) is 41.8 Å². The van der Waals surface area contributed by atoms with E-state index in [1.54, 1.807) is 0 Å². The Morgan fingerprint density at radius 2 is 1.95 bits per heavy atom. The molecule has 1 atom stereocenters. The summed E-state index contributed by atoms with van der Waals surface area (Å²) in [6.07, 6.45) is 2.20. The molecular weight excluding hydrogens is 280 g/mol. The van der Waals surface area contributed by atoms with Gasteiger partial charge < -0.3 is 9.88 Å². The number of nitrogens with zero attached hydrogens (tertiary/aromatic N) is 1. The van der Waals surface area contributed by atoms with Crippen LogP contribution in [0, 0.1) is 0 Å². The van der Waals surface area contributed by atoms with Gasteiger partial charge in [-0.1, -0.05) is 41.9 Å². The Hall–Kier alpha value is -1.77. The number of benzene rings is 2. The first-order valence-corrected chi connectivity index (χ1v) is 7.55. The van der Waals surface area contributed by atoms with Gasteiger partial charge in [-0.25, -0.2) is 0 Å². The van der Waals surface area contributed by atoms with Crippen LogP contribution in [0.3, 0.4) is 0 Å². The third-order valence-electron chi connectivity index (χ3n) is 3.93. The molecule has 0 saturated carbocycles. The highest BCUT2D eigenvalue weighted by molar-refractivity contribution is 6.30. The lowest BCUT2D eigenvalue weighted by Crippen LogP contribution is -2.17. The van der Waals surface area contributed by atoms with Crippen LogP contribution in [-0.2, 0) is 13.6 Å². The molecule has 2 aromatic carbocycles. The molecule has 0 saturated heterocycles. The number of hydrogen-bond donors (Lipinski definition) is 1. The van der Waals surface area contributed by atoms with Crippen molar-refractivity contribution in [3.05, 3.63) is 70.9 Å². The molecule has 1 heterocycles. The molecule has 0 radical (unpaired) electrons. The van der Waals surface area contributed by atoms with Crippen LogP contribution in [0.1, 0.15) is 24.1 Å². The quantitative estimate of drug-likeness (QED) is 0.740. The SMILES string of the molecule is C[C@H](NCc1cn(C)c2ccccc12)c1cccc(Cl)c1. The van der Waals surface area contributed by atoms with Crippen LogP contribution in [-0.4, -0.2) is 4.57 Å². The summed E-state index contributed by atoms with van der Waals surface area (Å²) in [6, 6.07) is 16.8. The maximum absolute atomic E-state index is 6.06. The zero-order valence-corrected chi connectivity index (χ0v) is 13.1. The van der Waals surface area contributed by atoms with Crippen LogP contribution in [0.15, 0.2) is 54.7 Å². The average Bonchev–Trinajstić information content (AvgIpc) is 2.82. The van der Waals surface area contributed by atoms with Crippen LogP contribution >= 0.6 is 11.6 Å². The molecule has 1 aromatic heterocycles. The lowest BCUT2D eigenvalue weighted by molar-refractivity contribution is 0.576. The minimum Gasteiger partial charge on any atom is -0.350 e. The van der Waals surface area contributed by atoms with Crippen LogP contribution < -0.4 is 5.32 Å². The van der Waals surface area contributed by atoms with E-state index >= 15 is 0 Å². The predicted molar refractivity (Wildman–Crippen MR) is 89.6 cm³/mol. The largest absolute Gasteiger partial charge is 0.350 e. The minimum atomic E-state index is 0.266. The van der Waals surface area contributed by atoms with Crippen molar-refractivity contribution < 1.29 is 0 Å². The van der Waals surface area contributed by atoms with E-state index in [1.807, 2.05) is 18.2 Å². The van der Waals surface area contributed by atoms with E-state index in [0.717, 1.165) is 11.6 Å². The number of aromatic nitrogens is 1. The molecule has 0 spiro atoms. The summed E-state index contributed by atoms with van der Waals surface area (Å²) < 4.78 is 2.18. The molecule has 21 heavy (non-hydrogen) atoms. The molecule has 3 heteroatoms. The predicted octanol–water partition coefficient (Wildman–Crippen LogP) is 4.68. The van der Waals surface area contributed by atoms with Gasteiger partial charge in [-0.3, -0.25) is 0 Å². The highest BCUT2D eigenvalue weighted by atomic mass is 35.5. The first-order valence-electron chi connectivity index (χ1n) is 7.17. The second kappa shape index (κ2) is 5.92. The molecule has 0 aliphatic carbocycles. The van der Waals surface area contributed by atoms with Gasteiger partial charge in [0.25, 0.3) is 0 Å². The van der Waals surface area contributed by atoms with Crippen molar-refractivity contribution in [1.29, 1.82) is 0 Å². The summed E-state index contributed by atoms with van der Waals surface area (Å²) in [7, 11) is 2.09. The number of rotatable bonds is 4. The fourth-order valence-corrected chi connectivity index (χ4v) is 2.92. The van der Waals surface area contributed by atoms with E-state index in [9.17, 15) is 0 Å². The topological polar surface area (TPSA) is 17.0 Å². The van der Waals surface area contributed by atoms with Crippen molar-refractivity contribution >= 4 is 22.5 Å². The molecule has 0 aliphatic heterocycles. The van der Waals surface area contributed by atoms with E-state index in [-0.39, 0.29) is 6.04 Å². The van der Waals surface area contributed by atoms with Crippen LogP contribution in [0.25, 0.3) is 10.9 Å². The first-order chi connectivity index (χ1) is 10.1. The number of aryl methyl sites for hydroxylation is 1. The van der Waals surface area contributed by atoms with Crippen LogP contribution in [0.2, 0.25) is 5.02 Å². The number of nitrogens with one attached hydrogen (secondary N) is 1. The van der Waals surface area contributed by atoms with Gasteiger partial charge in [-0.05, 0) is 36.2 Å². The summed E-state index contributed by atoms with van der Waals surface area (Å²) in [5, 5.41) is 5.67. The number of para-hydroxylation sites is 1. The second-order valence-corrected chi connectivity index (χ2v) is 5.88. The Balaban J connectivity index is 1.77. The van der Waals surface area contributed by atoms with Gasteiger partial charge in [-0.2, -0.15) is 0 Å². The fourth-order valence-electron chi connectivity index (χ4n) is 2.72. The highest BCUT2D eigenvalue weighted by Gasteiger charge is 2.09. The van der Waals surface area contributed by atoms with E-state index in [0.29, 0.717) is 0 Å². The smallest absolute Gasteiger partial charge is 0.0481 e. The Morgan fingerprint density at radius 3 is 2.76 bits per heavy atom. The normalized spacial score (nSPS) is 12.7. The average molecular weight is 299 g/mol. The van der Waals surface area contributed by atoms with Crippen molar-refractivity contribution in [3.63, 3.8) is 0 Å². The fraction of sp³-hybridized carbons (Fsp3) is 0.222. The van der Waals surface area contributed by atoms with Crippen molar-refractivity contribution in [3.8, 4) is 0 Å². The third-order valence-corrected chi connectivity index (χ3v) is 4.16. The molecule has 3 aromatic rings. The Bertz CT molecular complexity index is 761. The molecule has 3 rings (SSSR count). The maximum atomic E-state index is 6.06. The van der Waals surface area contributed by atoms with Gasteiger partial charge in [0.05, 0.1) is 0 Å². The summed E-state index contributed by atoms with van der Waals surface area (Å²) in [6.45, 7) is 3.01. The van der Waals surface area contributed by atoms with E-state index < -0.39 is 0 Å². The Labute approximate surface area is 130 Å². The molecule has 2 nitrogen and oxygen atoms in total. The van der Waals surface area contributed by atoms with E-state index in [2.05, 4.69) is 60.4 Å². The van der Waals surface area contributed by atoms with Crippen LogP contribution in [0.5, 0.6) is 0 Å². The molecule has 0 aliphatic rings. The maximum Gasteiger partial charge on any atom is 0.0481 e. The van der Waals surface area contributed by atoms with Crippen molar-refractivity contribution in [1.82, 2.24) is 9.88 Å². The Morgan fingerprint density at radius 1 is 1.14 bits per heavy atom. The molecule has 0 bridgehead atoms. The van der Waals surface area contributed by atoms with Gasteiger partial charge in [0.2, 0.25) is 0 Å². The zero-order chi connectivity index (χ0) is 14.8. The number of halogens is 1. The van der Waals surface area contributed by atoms with E-state index in [4.69, 9.17) is 11.6 Å². The standard InChI is InChI=1S/C18H19ClN2/c1-13(14-6-5-7-16(19)10-14)20-11-15-12-21(2)18-9-4-3-8-17(15)18/h3-10,12-13,20H,11H2,1-2H3/t13-/m0/s1. The second-order valence-electron chi connectivity index (χ2n) is 5.44. The molecule has 0 fully saturated rings. The summed E-state index contributed by atoms with van der Waals surface area (Å²) in [5.74, 6) is 0. The zero-order valence-electron chi connectivity index (χ0n) is 12.3. The minimum absolute atomic E-state index is 0.266. The summed E-state index contributed by atoms with van der Waals surface area (Å²) >= 11 is 6.06. The van der Waals surface area contributed by atoms with Gasteiger partial charge in [0.1, 0.15) is 0 Å². The molecule has 1 N–H and O–H groups in total. The molecular formula is C18H19ClN2. The van der Waals surface area contributed by atoms with Gasteiger partial charge >= 0.3 is 0 Å². The van der Waals surface area contributed by atoms with Gasteiger partial charge in [-0.15, -0.1) is 0 Å². The summed E-state index contributed by atoms with van der Waals surface area (Å²) in [4.78, 5) is 0. The van der Waals surface area contributed by atoms with E-state index in [1.165, 1.54) is 22.0 Å². The third kappa shape index (κ3) is 2.97.